The average molecular weight is 279 g/mol. The van der Waals surface area contributed by atoms with Crippen LogP contribution in [0.25, 0.3) is 0 Å². The number of hydrogen-bond acceptors (Lipinski definition) is 5. The number of anilines is 1. The van der Waals surface area contributed by atoms with E-state index >= 15 is 0 Å². The lowest BCUT2D eigenvalue weighted by Crippen LogP contribution is -2.51. The van der Waals surface area contributed by atoms with Crippen molar-refractivity contribution in [2.75, 3.05) is 11.4 Å². The molecule has 1 unspecified atom stereocenters. The summed E-state index contributed by atoms with van der Waals surface area (Å²) in [6.45, 7) is 2.49. The Morgan fingerprint density at radius 3 is 3.00 bits per heavy atom. The normalized spacial score (nSPS) is 21.9. The van der Waals surface area contributed by atoms with Crippen LogP contribution < -0.4 is 4.90 Å². The first-order valence-electron chi connectivity index (χ1n) is 6.63. The zero-order valence-corrected chi connectivity index (χ0v) is 11.3. The number of carboxylic acids is 1. The van der Waals surface area contributed by atoms with E-state index in [4.69, 9.17) is 0 Å². The quantitative estimate of drug-likeness (QED) is 0.655. The van der Waals surface area contributed by atoms with Crippen LogP contribution in [0.15, 0.2) is 18.3 Å². The maximum Gasteiger partial charge on any atom is 0.329 e. The molecule has 1 saturated heterocycles. The number of carbonyl (C=O) groups is 1. The van der Waals surface area contributed by atoms with Crippen LogP contribution >= 0.6 is 0 Å². The molecule has 1 fully saturated rings. The molecule has 2 heterocycles. The number of nitro groups is 1. The molecular weight excluding hydrogens is 262 g/mol. The maximum atomic E-state index is 11.7. The van der Waals surface area contributed by atoms with E-state index in [1.165, 1.54) is 18.3 Å². The van der Waals surface area contributed by atoms with Gasteiger partial charge in [-0.15, -0.1) is 0 Å². The molecule has 1 aliphatic rings. The van der Waals surface area contributed by atoms with Gasteiger partial charge in [0.1, 0.15) is 11.4 Å². The first-order valence-corrected chi connectivity index (χ1v) is 6.63. The van der Waals surface area contributed by atoms with Gasteiger partial charge < -0.3 is 10.0 Å². The molecule has 1 aliphatic heterocycles. The van der Waals surface area contributed by atoms with Crippen molar-refractivity contribution >= 4 is 17.5 Å². The molecule has 0 aromatic carbocycles. The molecule has 1 atom stereocenters. The first kappa shape index (κ1) is 14.2. The largest absolute Gasteiger partial charge is 0.479 e. The molecule has 1 aromatic rings. The van der Waals surface area contributed by atoms with Crippen LogP contribution in [0, 0.1) is 10.1 Å². The first-order chi connectivity index (χ1) is 9.51. The molecule has 0 aliphatic carbocycles. The van der Waals surface area contributed by atoms with Crippen LogP contribution in [-0.2, 0) is 4.79 Å². The zero-order valence-electron chi connectivity index (χ0n) is 11.3. The monoisotopic (exact) mass is 279 g/mol. The molecule has 0 radical (unpaired) electrons. The number of aromatic nitrogens is 1. The number of carboxylic acid groups (broad SMARTS) is 1. The Bertz CT molecular complexity index is 534. The highest BCUT2D eigenvalue weighted by molar-refractivity contribution is 5.84. The van der Waals surface area contributed by atoms with Gasteiger partial charge in [-0.25, -0.2) is 9.78 Å². The van der Waals surface area contributed by atoms with E-state index in [1.54, 1.807) is 4.90 Å². The second-order valence-electron chi connectivity index (χ2n) is 4.97. The van der Waals surface area contributed by atoms with Gasteiger partial charge >= 0.3 is 5.97 Å². The Morgan fingerprint density at radius 2 is 2.40 bits per heavy atom. The molecule has 20 heavy (non-hydrogen) atoms. The summed E-state index contributed by atoms with van der Waals surface area (Å²) >= 11 is 0. The Morgan fingerprint density at radius 1 is 1.65 bits per heavy atom. The van der Waals surface area contributed by atoms with Gasteiger partial charge in [-0.2, -0.15) is 0 Å². The fourth-order valence-electron chi connectivity index (χ4n) is 2.88. The molecule has 7 heteroatoms. The topological polar surface area (TPSA) is 96.6 Å². The van der Waals surface area contributed by atoms with Crippen molar-refractivity contribution in [3.8, 4) is 0 Å². The van der Waals surface area contributed by atoms with Crippen LogP contribution in [0.5, 0.6) is 0 Å². The predicted octanol–water partition coefficient (Wildman–Crippen LogP) is 2.21. The summed E-state index contributed by atoms with van der Waals surface area (Å²) in [6, 6.07) is 2.65. The second-order valence-corrected chi connectivity index (χ2v) is 4.97. The minimum Gasteiger partial charge on any atom is -0.479 e. The van der Waals surface area contributed by atoms with Gasteiger partial charge in [0.05, 0.1) is 11.0 Å². The molecule has 108 valence electrons. The van der Waals surface area contributed by atoms with Gasteiger partial charge in [-0.3, -0.25) is 10.1 Å². The van der Waals surface area contributed by atoms with Gasteiger partial charge in [0, 0.05) is 18.8 Å². The fourth-order valence-corrected chi connectivity index (χ4v) is 2.88. The van der Waals surface area contributed by atoms with Crippen LogP contribution in [0.4, 0.5) is 11.5 Å². The third-order valence-corrected chi connectivity index (χ3v) is 3.77. The summed E-state index contributed by atoms with van der Waals surface area (Å²) in [4.78, 5) is 27.9. The van der Waals surface area contributed by atoms with Crippen molar-refractivity contribution in [1.29, 1.82) is 0 Å². The number of nitrogens with zero attached hydrogens (tertiary/aromatic N) is 3. The predicted molar refractivity (Wildman–Crippen MR) is 72.7 cm³/mol. The number of hydrogen-bond donors (Lipinski definition) is 1. The lowest BCUT2D eigenvalue weighted by molar-refractivity contribution is -0.384. The summed E-state index contributed by atoms with van der Waals surface area (Å²) < 4.78 is 0. The van der Waals surface area contributed by atoms with Crippen LogP contribution in [-0.4, -0.2) is 33.1 Å². The van der Waals surface area contributed by atoms with Gasteiger partial charge in [-0.05, 0) is 19.3 Å². The van der Waals surface area contributed by atoms with Crippen molar-refractivity contribution in [3.05, 3.63) is 28.4 Å². The highest BCUT2D eigenvalue weighted by Gasteiger charge is 2.47. The van der Waals surface area contributed by atoms with Crippen molar-refractivity contribution in [1.82, 2.24) is 4.98 Å². The lowest BCUT2D eigenvalue weighted by atomic mass is 9.90. The summed E-state index contributed by atoms with van der Waals surface area (Å²) in [5.41, 5.74) is -1.06. The molecule has 1 N–H and O–H groups in total. The maximum absolute atomic E-state index is 11.7. The standard InChI is InChI=1S/C13H17N3O4/c1-2-5-13(12(17)18)6-3-8-15(13)11-9-10(16(19)20)4-7-14-11/h4,7,9H,2-3,5-6,8H2,1H3,(H,17,18). The smallest absolute Gasteiger partial charge is 0.329 e. The highest BCUT2D eigenvalue weighted by atomic mass is 16.6. The van der Waals surface area contributed by atoms with Gasteiger partial charge in [0.15, 0.2) is 0 Å². The second kappa shape index (κ2) is 5.44. The molecule has 0 bridgehead atoms. The summed E-state index contributed by atoms with van der Waals surface area (Å²) in [6.07, 6.45) is 3.88. The minimum absolute atomic E-state index is 0.0716. The SMILES string of the molecule is CCCC1(C(=O)O)CCCN1c1cc([N+](=O)[O-])ccn1. The molecular formula is C13H17N3O4. The Hall–Kier alpha value is -2.18. The highest BCUT2D eigenvalue weighted by Crippen LogP contribution is 2.37. The Balaban J connectivity index is 2.41. The van der Waals surface area contributed by atoms with E-state index in [1.807, 2.05) is 6.92 Å². The van der Waals surface area contributed by atoms with Gasteiger partial charge in [0.2, 0.25) is 0 Å². The van der Waals surface area contributed by atoms with E-state index in [2.05, 4.69) is 4.98 Å². The fraction of sp³-hybridized carbons (Fsp3) is 0.538. The van der Waals surface area contributed by atoms with Gasteiger partial charge in [0.25, 0.3) is 5.69 Å². The van der Waals surface area contributed by atoms with E-state index in [-0.39, 0.29) is 5.69 Å². The van der Waals surface area contributed by atoms with E-state index in [0.717, 1.165) is 12.8 Å². The molecule has 0 spiro atoms. The van der Waals surface area contributed by atoms with Crippen LogP contribution in [0.1, 0.15) is 32.6 Å². The summed E-state index contributed by atoms with van der Waals surface area (Å²) in [5, 5.41) is 20.4. The number of pyridine rings is 1. The molecule has 1 aromatic heterocycles. The van der Waals surface area contributed by atoms with Crippen molar-refractivity contribution < 1.29 is 14.8 Å². The number of aliphatic carboxylic acids is 1. The van der Waals surface area contributed by atoms with Gasteiger partial charge in [-0.1, -0.05) is 13.3 Å². The molecule has 0 amide bonds. The molecule has 0 saturated carbocycles. The Labute approximate surface area is 116 Å². The van der Waals surface area contributed by atoms with Crippen LogP contribution in [0.3, 0.4) is 0 Å². The van der Waals surface area contributed by atoms with E-state index in [0.29, 0.717) is 25.2 Å². The minimum atomic E-state index is -0.989. The van der Waals surface area contributed by atoms with E-state index < -0.39 is 16.4 Å². The lowest BCUT2D eigenvalue weighted by Gasteiger charge is -2.35. The summed E-state index contributed by atoms with van der Waals surface area (Å²) in [5.74, 6) is -0.516. The zero-order chi connectivity index (χ0) is 14.8. The molecule has 2 rings (SSSR count). The number of rotatable bonds is 5. The van der Waals surface area contributed by atoms with E-state index in [9.17, 15) is 20.0 Å². The average Bonchev–Trinajstić information content (AvgIpc) is 2.84. The third kappa shape index (κ3) is 2.31. The molecule has 7 nitrogen and oxygen atoms in total. The Kier molecular flexibility index (Phi) is 3.87. The van der Waals surface area contributed by atoms with Crippen molar-refractivity contribution in [2.45, 2.75) is 38.1 Å². The summed E-state index contributed by atoms with van der Waals surface area (Å²) in [7, 11) is 0. The van der Waals surface area contributed by atoms with Crippen molar-refractivity contribution in [2.24, 2.45) is 0 Å². The van der Waals surface area contributed by atoms with Crippen LogP contribution in [0.2, 0.25) is 0 Å². The van der Waals surface area contributed by atoms with Crippen molar-refractivity contribution in [3.63, 3.8) is 0 Å². The third-order valence-electron chi connectivity index (χ3n) is 3.77.